The molecule has 3 aromatic rings. The van der Waals surface area contributed by atoms with E-state index in [2.05, 4.69) is 26.0 Å². The quantitative estimate of drug-likeness (QED) is 0.316. The van der Waals surface area contributed by atoms with Gasteiger partial charge in [0.2, 0.25) is 5.78 Å². The molecule has 3 rings (SSSR count). The summed E-state index contributed by atoms with van der Waals surface area (Å²) in [6.07, 6.45) is 0. The van der Waals surface area contributed by atoms with Gasteiger partial charge in [-0.25, -0.2) is 0 Å². The number of aromatic nitrogens is 1. The maximum Gasteiger partial charge on any atom is 0.314 e. The number of Topliss-reactive ketones (excluding diaryl/α,β-unsaturated/α-hetero) is 1. The number of ketones is 1. The number of benzene rings is 2. The first-order valence-electron chi connectivity index (χ1n) is 9.48. The summed E-state index contributed by atoms with van der Waals surface area (Å²) in [5.74, 6) is 0.123. The van der Waals surface area contributed by atoms with Crippen LogP contribution in [0.4, 0.5) is 5.69 Å². The van der Waals surface area contributed by atoms with Gasteiger partial charge < -0.3 is 14.0 Å². The zero-order chi connectivity index (χ0) is 22.0. The summed E-state index contributed by atoms with van der Waals surface area (Å²) in [7, 11) is 1.43. The minimum absolute atomic E-state index is 0.0251. The molecule has 0 bridgehead atoms. The topological polar surface area (TPSA) is 83.6 Å². The summed E-state index contributed by atoms with van der Waals surface area (Å²) in [5.41, 5.74) is 5.36. The average molecular weight is 408 g/mol. The van der Waals surface area contributed by atoms with Crippen LogP contribution in [0, 0.1) is 37.8 Å². The first-order valence-corrected chi connectivity index (χ1v) is 9.48. The lowest BCUT2D eigenvalue weighted by Gasteiger charge is -2.12. The molecular formula is C23H24N2O5. The van der Waals surface area contributed by atoms with Crippen molar-refractivity contribution >= 4 is 11.5 Å². The Morgan fingerprint density at radius 3 is 2.40 bits per heavy atom. The maximum absolute atomic E-state index is 12.8. The van der Waals surface area contributed by atoms with E-state index in [1.54, 1.807) is 6.07 Å². The van der Waals surface area contributed by atoms with Gasteiger partial charge in [-0.2, -0.15) is 0 Å². The lowest BCUT2D eigenvalue weighted by Crippen LogP contribution is -2.13. The molecule has 0 saturated carbocycles. The average Bonchev–Trinajstić information content (AvgIpc) is 3.02. The first kappa shape index (κ1) is 21.1. The second kappa shape index (κ2) is 8.41. The van der Waals surface area contributed by atoms with E-state index >= 15 is 0 Å². The highest BCUT2D eigenvalue weighted by Gasteiger charge is 2.21. The van der Waals surface area contributed by atoms with E-state index in [1.807, 2.05) is 30.5 Å². The summed E-state index contributed by atoms with van der Waals surface area (Å²) in [6.45, 7) is 7.62. The third-order valence-corrected chi connectivity index (χ3v) is 5.20. The molecule has 0 N–H and O–H groups in total. The highest BCUT2D eigenvalue weighted by atomic mass is 16.6. The van der Waals surface area contributed by atoms with Crippen LogP contribution >= 0.6 is 0 Å². The molecule has 0 aliphatic carbocycles. The fraction of sp³-hybridized carbons (Fsp3) is 0.261. The predicted molar refractivity (Wildman–Crippen MR) is 114 cm³/mol. The van der Waals surface area contributed by atoms with Crippen LogP contribution in [0.5, 0.6) is 11.5 Å². The van der Waals surface area contributed by atoms with E-state index in [9.17, 15) is 14.9 Å². The third kappa shape index (κ3) is 4.05. The van der Waals surface area contributed by atoms with Crippen molar-refractivity contribution in [3.63, 3.8) is 0 Å². The van der Waals surface area contributed by atoms with E-state index < -0.39 is 4.92 Å². The summed E-state index contributed by atoms with van der Waals surface area (Å²) in [6, 6.07) is 12.2. The Labute approximate surface area is 175 Å². The van der Waals surface area contributed by atoms with E-state index in [4.69, 9.17) is 9.47 Å². The zero-order valence-corrected chi connectivity index (χ0v) is 17.7. The van der Waals surface area contributed by atoms with E-state index in [0.717, 1.165) is 17.1 Å². The summed E-state index contributed by atoms with van der Waals surface area (Å²) in [4.78, 5) is 23.6. The number of methoxy groups -OCH3 is 1. The number of nitrogens with zero attached hydrogens (tertiary/aromatic N) is 2. The van der Waals surface area contributed by atoms with Crippen LogP contribution in [0.15, 0.2) is 42.5 Å². The van der Waals surface area contributed by atoms with Crippen LogP contribution < -0.4 is 9.47 Å². The summed E-state index contributed by atoms with van der Waals surface area (Å²) in [5, 5.41) is 11.3. The van der Waals surface area contributed by atoms with Gasteiger partial charge in [0, 0.05) is 22.6 Å². The number of nitro benzene ring substituents is 1. The molecule has 2 aromatic carbocycles. The highest BCUT2D eigenvalue weighted by molar-refractivity contribution is 5.98. The molecule has 0 saturated heterocycles. The lowest BCUT2D eigenvalue weighted by atomic mass is 10.1. The van der Waals surface area contributed by atoms with Gasteiger partial charge in [-0.15, -0.1) is 0 Å². The number of ether oxygens (including phenoxy) is 2. The fourth-order valence-electron chi connectivity index (χ4n) is 3.42. The van der Waals surface area contributed by atoms with Gasteiger partial charge in [-0.1, -0.05) is 6.07 Å². The summed E-state index contributed by atoms with van der Waals surface area (Å²) < 4.78 is 12.5. The summed E-state index contributed by atoms with van der Waals surface area (Å²) >= 11 is 0. The van der Waals surface area contributed by atoms with Gasteiger partial charge in [0.25, 0.3) is 0 Å². The number of aryl methyl sites for hydroxylation is 3. The number of hydrogen-bond donors (Lipinski definition) is 0. The molecule has 30 heavy (non-hydrogen) atoms. The van der Waals surface area contributed by atoms with E-state index in [0.29, 0.717) is 11.3 Å². The molecular weight excluding hydrogens is 384 g/mol. The SMILES string of the molecule is COc1ccc(OCC(=O)c2cc(C)n(-c3ccc(C)c(C)c3)c2C)c([N+](=O)[O-])c1. The molecule has 0 aliphatic heterocycles. The first-order chi connectivity index (χ1) is 14.2. The van der Waals surface area contributed by atoms with Crippen molar-refractivity contribution < 1.29 is 19.2 Å². The van der Waals surface area contributed by atoms with Crippen molar-refractivity contribution in [1.82, 2.24) is 4.57 Å². The fourth-order valence-corrected chi connectivity index (χ4v) is 3.42. The number of rotatable bonds is 7. The van der Waals surface area contributed by atoms with Crippen molar-refractivity contribution in [2.24, 2.45) is 0 Å². The molecule has 0 amide bonds. The van der Waals surface area contributed by atoms with Crippen molar-refractivity contribution in [1.29, 1.82) is 0 Å². The molecule has 7 heteroatoms. The highest BCUT2D eigenvalue weighted by Crippen LogP contribution is 2.31. The van der Waals surface area contributed by atoms with Gasteiger partial charge in [0.1, 0.15) is 5.75 Å². The second-order valence-electron chi connectivity index (χ2n) is 7.19. The molecule has 156 valence electrons. The molecule has 0 radical (unpaired) electrons. The van der Waals surface area contributed by atoms with Crippen LogP contribution in [0.25, 0.3) is 5.69 Å². The molecule has 7 nitrogen and oxygen atoms in total. The van der Waals surface area contributed by atoms with Crippen LogP contribution in [0.1, 0.15) is 32.9 Å². The van der Waals surface area contributed by atoms with Crippen molar-refractivity contribution in [3.8, 4) is 17.2 Å². The van der Waals surface area contributed by atoms with Crippen molar-refractivity contribution in [2.45, 2.75) is 27.7 Å². The molecule has 0 unspecified atom stereocenters. The van der Waals surface area contributed by atoms with Gasteiger partial charge in [-0.05, 0) is 69.2 Å². The Hall–Kier alpha value is -3.61. The predicted octanol–water partition coefficient (Wildman–Crippen LogP) is 4.89. The monoisotopic (exact) mass is 408 g/mol. The van der Waals surface area contributed by atoms with Crippen LogP contribution in [-0.2, 0) is 0 Å². The number of carbonyl (C=O) groups is 1. The Balaban J connectivity index is 1.85. The Kier molecular flexibility index (Phi) is 5.91. The zero-order valence-electron chi connectivity index (χ0n) is 17.7. The molecule has 1 heterocycles. The Morgan fingerprint density at radius 2 is 1.77 bits per heavy atom. The van der Waals surface area contributed by atoms with Gasteiger partial charge in [0.15, 0.2) is 12.4 Å². The minimum Gasteiger partial charge on any atom is -0.496 e. The maximum atomic E-state index is 12.8. The molecule has 0 atom stereocenters. The van der Waals surface area contributed by atoms with Crippen molar-refractivity contribution in [3.05, 3.63) is 80.7 Å². The van der Waals surface area contributed by atoms with Gasteiger partial charge in [0.05, 0.1) is 18.1 Å². The smallest absolute Gasteiger partial charge is 0.314 e. The lowest BCUT2D eigenvalue weighted by molar-refractivity contribution is -0.385. The Bertz CT molecular complexity index is 1130. The molecule has 0 fully saturated rings. The normalized spacial score (nSPS) is 10.7. The third-order valence-electron chi connectivity index (χ3n) is 5.20. The largest absolute Gasteiger partial charge is 0.496 e. The van der Waals surface area contributed by atoms with Gasteiger partial charge in [-0.3, -0.25) is 14.9 Å². The van der Waals surface area contributed by atoms with E-state index in [1.165, 1.54) is 30.4 Å². The van der Waals surface area contributed by atoms with Crippen LogP contribution in [-0.4, -0.2) is 29.0 Å². The van der Waals surface area contributed by atoms with Crippen LogP contribution in [0.2, 0.25) is 0 Å². The van der Waals surface area contributed by atoms with Crippen LogP contribution in [0.3, 0.4) is 0 Å². The van der Waals surface area contributed by atoms with Crippen molar-refractivity contribution in [2.75, 3.05) is 13.7 Å². The molecule has 1 aromatic heterocycles. The number of hydrogen-bond acceptors (Lipinski definition) is 5. The molecule has 0 spiro atoms. The van der Waals surface area contributed by atoms with Gasteiger partial charge >= 0.3 is 5.69 Å². The second-order valence-corrected chi connectivity index (χ2v) is 7.19. The minimum atomic E-state index is -0.562. The standard InChI is InChI=1S/C23H24N2O5/c1-14-6-7-18(10-15(14)2)24-16(3)11-20(17(24)4)22(26)13-30-23-9-8-19(29-5)12-21(23)25(27)28/h6-12H,13H2,1-5H3. The molecule has 0 aliphatic rings. The van der Waals surface area contributed by atoms with E-state index in [-0.39, 0.29) is 23.8 Å². The Morgan fingerprint density at radius 1 is 1.03 bits per heavy atom. The number of carbonyl (C=O) groups excluding carboxylic acids is 1. The number of nitro groups is 1.